The molecule has 0 atom stereocenters. The van der Waals surface area contributed by atoms with Gasteiger partial charge in [-0.05, 0) is 25.3 Å². The molecule has 4 nitrogen and oxygen atoms in total. The van der Waals surface area contributed by atoms with E-state index in [0.29, 0.717) is 11.7 Å². The Kier molecular flexibility index (Phi) is 4.64. The number of thioether (sulfide) groups is 1. The van der Waals surface area contributed by atoms with Crippen LogP contribution in [0.3, 0.4) is 0 Å². The van der Waals surface area contributed by atoms with E-state index in [4.69, 9.17) is 5.26 Å². The number of nitriles is 1. The highest BCUT2D eigenvalue weighted by Crippen LogP contribution is 2.02. The fraction of sp³-hybridized carbons (Fsp3) is 0.300. The lowest BCUT2D eigenvalue weighted by molar-refractivity contribution is 0.965. The van der Waals surface area contributed by atoms with E-state index in [9.17, 15) is 0 Å². The quantitative estimate of drug-likeness (QED) is 0.356. The normalized spacial score (nSPS) is 10.9. The maximum Gasteiger partial charge on any atom is 0.183 e. The first-order valence-electron chi connectivity index (χ1n) is 4.42. The van der Waals surface area contributed by atoms with Gasteiger partial charge in [-0.2, -0.15) is 5.26 Å². The molecule has 1 N–H and O–H groups in total. The topological polar surface area (TPSA) is 61.1 Å². The maximum absolute atomic E-state index is 8.44. The summed E-state index contributed by atoms with van der Waals surface area (Å²) in [5, 5.41) is 11.6. The second-order valence-corrected chi connectivity index (χ2v) is 3.63. The molecule has 15 heavy (non-hydrogen) atoms. The van der Waals surface area contributed by atoms with Gasteiger partial charge in [0.25, 0.3) is 0 Å². The van der Waals surface area contributed by atoms with E-state index < -0.39 is 0 Å². The first-order chi connectivity index (χ1) is 7.26. The zero-order valence-electron chi connectivity index (χ0n) is 8.69. The van der Waals surface area contributed by atoms with Crippen LogP contribution in [0.25, 0.3) is 0 Å². The molecule has 0 aliphatic heterocycles. The zero-order chi connectivity index (χ0) is 11.1. The summed E-state index contributed by atoms with van der Waals surface area (Å²) in [7, 11) is 0. The summed E-state index contributed by atoms with van der Waals surface area (Å²) in [5.74, 6) is 0. The van der Waals surface area contributed by atoms with E-state index in [1.54, 1.807) is 0 Å². The molecule has 0 aromatic carbocycles. The predicted molar refractivity (Wildman–Crippen MR) is 62.4 cm³/mol. The number of rotatable bonds is 2. The van der Waals surface area contributed by atoms with Gasteiger partial charge in [-0.25, -0.2) is 0 Å². The monoisotopic (exact) mass is 220 g/mol. The summed E-state index contributed by atoms with van der Waals surface area (Å²) in [6.07, 6.45) is 3.71. The van der Waals surface area contributed by atoms with Crippen molar-refractivity contribution in [2.75, 3.05) is 6.26 Å². The third kappa shape index (κ3) is 4.00. The Bertz CT molecular complexity index is 395. The van der Waals surface area contributed by atoms with Crippen LogP contribution < -0.4 is 5.32 Å². The number of amidine groups is 1. The smallest absolute Gasteiger partial charge is 0.183 e. The third-order valence-corrected chi connectivity index (χ3v) is 2.30. The van der Waals surface area contributed by atoms with Gasteiger partial charge in [-0.3, -0.25) is 15.3 Å². The van der Waals surface area contributed by atoms with E-state index in [1.165, 1.54) is 11.8 Å². The molecule has 0 fully saturated rings. The van der Waals surface area contributed by atoms with Crippen molar-refractivity contribution in [3.05, 3.63) is 29.6 Å². The Hall–Kier alpha value is -1.54. The minimum atomic E-state index is 0.493. The molecule has 0 bridgehead atoms. The van der Waals surface area contributed by atoms with Crippen molar-refractivity contribution in [1.82, 2.24) is 10.3 Å². The largest absolute Gasteiger partial charge is 0.272 e. The number of aryl methyl sites for hydroxylation is 1. The first kappa shape index (κ1) is 11.5. The molecular formula is C10H12N4S. The van der Waals surface area contributed by atoms with Crippen LogP contribution in [0.4, 0.5) is 0 Å². The average Bonchev–Trinajstić information content (AvgIpc) is 2.24. The van der Waals surface area contributed by atoms with Crippen LogP contribution in [0.15, 0.2) is 23.2 Å². The summed E-state index contributed by atoms with van der Waals surface area (Å²) in [6, 6.07) is 5.81. The average molecular weight is 220 g/mol. The molecule has 1 rings (SSSR count). The fourth-order valence-corrected chi connectivity index (χ4v) is 1.38. The molecule has 1 aromatic heterocycles. The molecule has 0 unspecified atom stereocenters. The minimum absolute atomic E-state index is 0.493. The van der Waals surface area contributed by atoms with Gasteiger partial charge in [0.2, 0.25) is 0 Å². The number of nitrogens with one attached hydrogen (secondary N) is 1. The minimum Gasteiger partial charge on any atom is -0.272 e. The highest BCUT2D eigenvalue weighted by molar-refractivity contribution is 8.13. The van der Waals surface area contributed by atoms with Crippen LogP contribution in [-0.2, 0) is 6.54 Å². The highest BCUT2D eigenvalue weighted by atomic mass is 32.2. The van der Waals surface area contributed by atoms with Gasteiger partial charge < -0.3 is 0 Å². The second-order valence-electron chi connectivity index (χ2n) is 2.83. The van der Waals surface area contributed by atoms with Gasteiger partial charge in [0.1, 0.15) is 0 Å². The van der Waals surface area contributed by atoms with Crippen molar-refractivity contribution in [2.45, 2.75) is 13.5 Å². The van der Waals surface area contributed by atoms with E-state index in [-0.39, 0.29) is 0 Å². The van der Waals surface area contributed by atoms with Gasteiger partial charge in [0, 0.05) is 5.69 Å². The SMILES string of the molecule is CSC(=NCc1cccc(C)n1)NC#N. The molecule has 78 valence electrons. The second kappa shape index (κ2) is 6.04. The lowest BCUT2D eigenvalue weighted by atomic mass is 10.3. The van der Waals surface area contributed by atoms with Crippen molar-refractivity contribution >= 4 is 16.9 Å². The van der Waals surface area contributed by atoms with Crippen molar-refractivity contribution in [2.24, 2.45) is 4.99 Å². The lowest BCUT2D eigenvalue weighted by Gasteiger charge is -2.00. The number of aromatic nitrogens is 1. The Balaban J connectivity index is 2.66. The van der Waals surface area contributed by atoms with E-state index >= 15 is 0 Å². The predicted octanol–water partition coefficient (Wildman–Crippen LogP) is 1.68. The molecule has 0 radical (unpaired) electrons. The van der Waals surface area contributed by atoms with E-state index in [2.05, 4.69) is 15.3 Å². The Morgan fingerprint density at radius 3 is 3.07 bits per heavy atom. The molecule has 0 saturated carbocycles. The van der Waals surface area contributed by atoms with Crippen LogP contribution in [-0.4, -0.2) is 16.4 Å². The maximum atomic E-state index is 8.44. The number of aliphatic imine (C=N–C) groups is 1. The first-order valence-corrected chi connectivity index (χ1v) is 5.65. The molecule has 0 amide bonds. The van der Waals surface area contributed by atoms with Crippen molar-refractivity contribution < 1.29 is 0 Å². The molecule has 0 aliphatic carbocycles. The van der Waals surface area contributed by atoms with Gasteiger partial charge in [-0.15, -0.1) is 0 Å². The number of nitrogens with zero attached hydrogens (tertiary/aromatic N) is 3. The molecule has 1 heterocycles. The lowest BCUT2D eigenvalue weighted by Crippen LogP contribution is -2.13. The Morgan fingerprint density at radius 2 is 2.47 bits per heavy atom. The molecule has 0 aliphatic rings. The van der Waals surface area contributed by atoms with Gasteiger partial charge in [-0.1, -0.05) is 17.8 Å². The molecule has 0 saturated heterocycles. The third-order valence-electron chi connectivity index (χ3n) is 1.69. The molecular weight excluding hydrogens is 208 g/mol. The van der Waals surface area contributed by atoms with Crippen molar-refractivity contribution in [3.63, 3.8) is 0 Å². The van der Waals surface area contributed by atoms with Crippen LogP contribution in [0.2, 0.25) is 0 Å². The van der Waals surface area contributed by atoms with Crippen LogP contribution >= 0.6 is 11.8 Å². The van der Waals surface area contributed by atoms with Gasteiger partial charge in [0.05, 0.1) is 12.2 Å². The zero-order valence-corrected chi connectivity index (χ0v) is 9.51. The number of hydrogen-bond acceptors (Lipinski definition) is 4. The standard InChI is InChI=1S/C10H12N4S/c1-8-4-3-5-9(14-8)6-12-10(15-2)13-7-11/h3-5H,6H2,1-2H3,(H,12,13). The Labute approximate surface area is 93.4 Å². The Morgan fingerprint density at radius 1 is 1.67 bits per heavy atom. The molecule has 1 aromatic rings. The van der Waals surface area contributed by atoms with Crippen LogP contribution in [0.5, 0.6) is 0 Å². The van der Waals surface area contributed by atoms with Crippen LogP contribution in [0.1, 0.15) is 11.4 Å². The number of pyridine rings is 1. The summed E-state index contributed by atoms with van der Waals surface area (Å²) < 4.78 is 0. The van der Waals surface area contributed by atoms with Crippen LogP contribution in [0, 0.1) is 18.4 Å². The summed E-state index contributed by atoms with van der Waals surface area (Å²) >= 11 is 1.41. The van der Waals surface area contributed by atoms with Gasteiger partial charge in [0.15, 0.2) is 11.4 Å². The molecule has 0 spiro atoms. The van der Waals surface area contributed by atoms with E-state index in [0.717, 1.165) is 11.4 Å². The van der Waals surface area contributed by atoms with Gasteiger partial charge >= 0.3 is 0 Å². The highest BCUT2D eigenvalue weighted by Gasteiger charge is 1.96. The summed E-state index contributed by atoms with van der Waals surface area (Å²) in [5.41, 5.74) is 1.88. The van der Waals surface area contributed by atoms with E-state index in [1.807, 2.05) is 37.6 Å². The molecule has 5 heteroatoms. The fourth-order valence-electron chi connectivity index (χ4n) is 1.04. The number of hydrogen-bond donors (Lipinski definition) is 1. The van der Waals surface area contributed by atoms with Crippen molar-refractivity contribution in [1.29, 1.82) is 5.26 Å². The summed E-state index contributed by atoms with van der Waals surface area (Å²) in [6.45, 7) is 2.43. The summed E-state index contributed by atoms with van der Waals surface area (Å²) in [4.78, 5) is 8.54. The van der Waals surface area contributed by atoms with Crippen molar-refractivity contribution in [3.8, 4) is 6.19 Å².